The molecule has 2 rings (SSSR count). The van der Waals surface area contributed by atoms with E-state index in [1.54, 1.807) is 23.1 Å². The van der Waals surface area contributed by atoms with Crippen molar-refractivity contribution in [3.05, 3.63) is 30.4 Å². The van der Waals surface area contributed by atoms with Crippen LogP contribution in [0.5, 0.6) is 0 Å². The van der Waals surface area contributed by atoms with E-state index in [4.69, 9.17) is 0 Å². The molecule has 1 atom stereocenters. The van der Waals surface area contributed by atoms with Gasteiger partial charge in [0, 0.05) is 31.2 Å². The number of thioether (sulfide) groups is 1. The minimum absolute atomic E-state index is 0.245. The van der Waals surface area contributed by atoms with Crippen LogP contribution in [0.15, 0.2) is 34.7 Å². The SMILES string of the molecule is C=C(C)CC(NC(C)=O)C(=O)Nc1ccc2nc(SCCC#CCCC)sc2c1. The topological polar surface area (TPSA) is 71.1 Å². The van der Waals surface area contributed by atoms with Gasteiger partial charge in [-0.05, 0) is 38.0 Å². The molecule has 1 heterocycles. The molecule has 7 heteroatoms. The average molecular weight is 430 g/mol. The normalized spacial score (nSPS) is 11.4. The van der Waals surface area contributed by atoms with Crippen LogP contribution in [0.2, 0.25) is 0 Å². The zero-order valence-electron chi connectivity index (χ0n) is 17.1. The van der Waals surface area contributed by atoms with Gasteiger partial charge in [0.2, 0.25) is 11.8 Å². The second kappa shape index (κ2) is 11.6. The molecule has 0 saturated carbocycles. The molecule has 0 bridgehead atoms. The first-order chi connectivity index (χ1) is 13.9. The molecular weight excluding hydrogens is 402 g/mol. The molecule has 1 aromatic heterocycles. The number of unbranched alkanes of at least 4 members (excludes halogenated alkanes) is 1. The largest absolute Gasteiger partial charge is 0.344 e. The molecule has 0 aliphatic heterocycles. The summed E-state index contributed by atoms with van der Waals surface area (Å²) in [6.07, 6.45) is 3.30. The van der Waals surface area contributed by atoms with Crippen molar-refractivity contribution < 1.29 is 9.59 Å². The highest BCUT2D eigenvalue weighted by Crippen LogP contribution is 2.31. The van der Waals surface area contributed by atoms with Gasteiger partial charge in [0.05, 0.1) is 10.2 Å². The number of fused-ring (bicyclic) bond motifs is 1. The maximum Gasteiger partial charge on any atom is 0.247 e. The number of anilines is 1. The van der Waals surface area contributed by atoms with Gasteiger partial charge in [-0.3, -0.25) is 9.59 Å². The molecule has 2 N–H and O–H groups in total. The molecule has 1 unspecified atom stereocenters. The molecule has 0 aliphatic carbocycles. The van der Waals surface area contributed by atoms with Crippen LogP contribution in [-0.4, -0.2) is 28.6 Å². The second-order valence-electron chi connectivity index (χ2n) is 6.77. The summed E-state index contributed by atoms with van der Waals surface area (Å²) < 4.78 is 2.01. The molecule has 1 aromatic carbocycles. The fourth-order valence-corrected chi connectivity index (χ4v) is 4.60. The van der Waals surface area contributed by atoms with E-state index in [1.165, 1.54) is 6.92 Å². The van der Waals surface area contributed by atoms with Crippen molar-refractivity contribution in [2.45, 2.75) is 56.8 Å². The lowest BCUT2D eigenvalue weighted by atomic mass is 10.1. The highest BCUT2D eigenvalue weighted by molar-refractivity contribution is 8.01. The van der Waals surface area contributed by atoms with Crippen LogP contribution in [0.4, 0.5) is 5.69 Å². The third kappa shape index (κ3) is 7.92. The van der Waals surface area contributed by atoms with Gasteiger partial charge in [0.25, 0.3) is 0 Å². The summed E-state index contributed by atoms with van der Waals surface area (Å²) in [6.45, 7) is 9.19. The fraction of sp³-hybridized carbons (Fsp3) is 0.409. The standard InChI is InChI=1S/C22H27N3O2S2/c1-5-6-7-8-9-12-28-22-25-18-11-10-17(14-20(18)29-22)24-21(27)19(13-15(2)3)23-16(4)26/h10-11,14,19H,2,5-6,9,12-13H2,1,3-4H3,(H,23,26)(H,24,27). The van der Waals surface area contributed by atoms with E-state index in [0.29, 0.717) is 12.1 Å². The quantitative estimate of drug-likeness (QED) is 0.255. The van der Waals surface area contributed by atoms with Gasteiger partial charge >= 0.3 is 0 Å². The lowest BCUT2D eigenvalue weighted by Crippen LogP contribution is -2.43. The molecule has 0 saturated heterocycles. The van der Waals surface area contributed by atoms with Gasteiger partial charge in [-0.15, -0.1) is 29.8 Å². The zero-order chi connectivity index (χ0) is 21.2. The van der Waals surface area contributed by atoms with Crippen molar-refractivity contribution in [3.63, 3.8) is 0 Å². The molecule has 0 spiro atoms. The van der Waals surface area contributed by atoms with Crippen molar-refractivity contribution in [1.82, 2.24) is 10.3 Å². The smallest absolute Gasteiger partial charge is 0.247 e. The number of hydrogen-bond donors (Lipinski definition) is 2. The average Bonchev–Trinajstić information content (AvgIpc) is 3.05. The Bertz CT molecular complexity index is 924. The summed E-state index contributed by atoms with van der Waals surface area (Å²) in [5.41, 5.74) is 2.43. The number of nitrogens with zero attached hydrogens (tertiary/aromatic N) is 1. The van der Waals surface area contributed by atoms with E-state index in [-0.39, 0.29) is 11.8 Å². The van der Waals surface area contributed by atoms with E-state index < -0.39 is 6.04 Å². The van der Waals surface area contributed by atoms with Crippen molar-refractivity contribution in [1.29, 1.82) is 0 Å². The molecule has 0 fully saturated rings. The molecule has 2 aromatic rings. The number of carbonyl (C=O) groups excluding carboxylic acids is 2. The molecule has 0 aliphatic rings. The number of rotatable bonds is 9. The Hall–Kier alpha value is -2.30. The predicted octanol–water partition coefficient (Wildman–Crippen LogP) is 4.99. The number of nitrogens with one attached hydrogen (secondary N) is 2. The Morgan fingerprint density at radius 2 is 2.03 bits per heavy atom. The minimum atomic E-state index is -0.637. The molecule has 154 valence electrons. The number of benzene rings is 1. The number of aromatic nitrogens is 1. The van der Waals surface area contributed by atoms with Crippen LogP contribution in [-0.2, 0) is 9.59 Å². The second-order valence-corrected chi connectivity index (χ2v) is 9.14. The first-order valence-corrected chi connectivity index (χ1v) is 11.4. The number of thiazole rings is 1. The summed E-state index contributed by atoms with van der Waals surface area (Å²) >= 11 is 3.31. The van der Waals surface area contributed by atoms with E-state index in [9.17, 15) is 9.59 Å². The van der Waals surface area contributed by atoms with E-state index >= 15 is 0 Å². The number of carbonyl (C=O) groups is 2. The fourth-order valence-electron chi connectivity index (χ4n) is 2.57. The van der Waals surface area contributed by atoms with Gasteiger partial charge < -0.3 is 10.6 Å². The van der Waals surface area contributed by atoms with Crippen molar-refractivity contribution in [3.8, 4) is 11.8 Å². The maximum absolute atomic E-state index is 12.6. The summed E-state index contributed by atoms with van der Waals surface area (Å²) in [5.74, 6) is 6.75. The van der Waals surface area contributed by atoms with Crippen LogP contribution >= 0.6 is 23.1 Å². The van der Waals surface area contributed by atoms with Crippen LogP contribution in [0.25, 0.3) is 10.2 Å². The number of hydrogen-bond acceptors (Lipinski definition) is 5. The van der Waals surface area contributed by atoms with E-state index in [0.717, 1.165) is 45.1 Å². The van der Waals surface area contributed by atoms with Gasteiger partial charge in [-0.25, -0.2) is 4.98 Å². The Balaban J connectivity index is 2.01. The lowest BCUT2D eigenvalue weighted by Gasteiger charge is -2.17. The first-order valence-electron chi connectivity index (χ1n) is 9.60. The third-order valence-corrected chi connectivity index (χ3v) is 6.00. The van der Waals surface area contributed by atoms with Crippen LogP contribution in [0, 0.1) is 11.8 Å². The Morgan fingerprint density at radius 1 is 1.28 bits per heavy atom. The molecule has 29 heavy (non-hydrogen) atoms. The van der Waals surface area contributed by atoms with Crippen LogP contribution in [0.3, 0.4) is 0 Å². The van der Waals surface area contributed by atoms with Gasteiger partial charge in [-0.2, -0.15) is 0 Å². The van der Waals surface area contributed by atoms with Crippen LogP contribution in [0.1, 0.15) is 46.5 Å². The van der Waals surface area contributed by atoms with Crippen molar-refractivity contribution in [2.75, 3.05) is 11.1 Å². The predicted molar refractivity (Wildman–Crippen MR) is 123 cm³/mol. The van der Waals surface area contributed by atoms with Gasteiger partial charge in [-0.1, -0.05) is 24.3 Å². The number of amides is 2. The third-order valence-electron chi connectivity index (χ3n) is 3.84. The summed E-state index contributed by atoms with van der Waals surface area (Å²) in [7, 11) is 0. The zero-order valence-corrected chi connectivity index (χ0v) is 18.8. The van der Waals surface area contributed by atoms with E-state index in [1.807, 2.05) is 25.1 Å². The Kier molecular flexibility index (Phi) is 9.23. The molecule has 0 radical (unpaired) electrons. The molecular formula is C22H27N3O2S2. The highest BCUT2D eigenvalue weighted by atomic mass is 32.2. The minimum Gasteiger partial charge on any atom is -0.344 e. The van der Waals surface area contributed by atoms with Crippen molar-refractivity contribution >= 4 is 50.8 Å². The Labute approximate surface area is 180 Å². The molecule has 2 amide bonds. The van der Waals surface area contributed by atoms with Gasteiger partial charge in [0.1, 0.15) is 6.04 Å². The van der Waals surface area contributed by atoms with Crippen LogP contribution < -0.4 is 10.6 Å². The summed E-state index contributed by atoms with van der Waals surface area (Å²) in [5, 5.41) is 5.56. The van der Waals surface area contributed by atoms with Crippen molar-refractivity contribution in [2.24, 2.45) is 0 Å². The Morgan fingerprint density at radius 3 is 2.72 bits per heavy atom. The van der Waals surface area contributed by atoms with E-state index in [2.05, 4.69) is 41.0 Å². The maximum atomic E-state index is 12.6. The lowest BCUT2D eigenvalue weighted by molar-refractivity contribution is -0.125. The first kappa shape index (κ1) is 23.0. The molecule has 5 nitrogen and oxygen atoms in total. The monoisotopic (exact) mass is 429 g/mol. The highest BCUT2D eigenvalue weighted by Gasteiger charge is 2.19. The summed E-state index contributed by atoms with van der Waals surface area (Å²) in [4.78, 5) is 28.6. The van der Waals surface area contributed by atoms with Gasteiger partial charge in [0.15, 0.2) is 4.34 Å². The summed E-state index contributed by atoms with van der Waals surface area (Å²) in [6, 6.07) is 5.01.